The van der Waals surface area contributed by atoms with Gasteiger partial charge in [-0.1, -0.05) is 0 Å². The number of benzene rings is 1. The predicted octanol–water partition coefficient (Wildman–Crippen LogP) is 3.01. The van der Waals surface area contributed by atoms with Crippen LogP contribution < -0.4 is 4.74 Å². The van der Waals surface area contributed by atoms with Crippen LogP contribution in [0.25, 0.3) is 11.4 Å². The summed E-state index contributed by atoms with van der Waals surface area (Å²) in [5, 5.41) is 0. The van der Waals surface area contributed by atoms with Crippen LogP contribution in [0.5, 0.6) is 5.75 Å². The molecule has 1 aliphatic rings. The molecule has 0 spiro atoms. The van der Waals surface area contributed by atoms with Gasteiger partial charge in [-0.3, -0.25) is 0 Å². The lowest BCUT2D eigenvalue weighted by atomic mass is 10.00. The van der Waals surface area contributed by atoms with E-state index in [0.29, 0.717) is 0 Å². The normalized spacial score (nSPS) is 15.6. The number of aromatic nitrogens is 2. The van der Waals surface area contributed by atoms with Gasteiger partial charge in [0.1, 0.15) is 5.75 Å². The Hall–Kier alpha value is -1.98. The van der Waals surface area contributed by atoms with Crippen molar-refractivity contribution in [2.24, 2.45) is 5.92 Å². The average molecular weight is 327 g/mol. The van der Waals surface area contributed by atoms with Crippen molar-refractivity contribution in [2.75, 3.05) is 33.9 Å². The van der Waals surface area contributed by atoms with E-state index < -0.39 is 0 Å². The lowest BCUT2D eigenvalue weighted by Gasteiger charge is -2.27. The monoisotopic (exact) mass is 327 g/mol. The molecule has 1 aliphatic heterocycles. The molecule has 0 unspecified atom stereocenters. The maximum Gasteiger partial charge on any atom is 0.159 e. The van der Waals surface area contributed by atoms with Gasteiger partial charge in [-0.05, 0) is 50.1 Å². The summed E-state index contributed by atoms with van der Waals surface area (Å²) in [6.45, 7) is 3.78. The van der Waals surface area contributed by atoms with Gasteiger partial charge in [0, 0.05) is 49.8 Å². The van der Waals surface area contributed by atoms with Crippen molar-refractivity contribution in [3.63, 3.8) is 0 Å². The molecule has 0 radical (unpaired) electrons. The van der Waals surface area contributed by atoms with Gasteiger partial charge in [-0.2, -0.15) is 0 Å². The highest BCUT2D eigenvalue weighted by Crippen LogP contribution is 2.19. The van der Waals surface area contributed by atoms with Crippen molar-refractivity contribution >= 4 is 0 Å². The molecule has 0 aliphatic carbocycles. The minimum Gasteiger partial charge on any atom is -0.497 e. The van der Waals surface area contributed by atoms with Crippen molar-refractivity contribution < 1.29 is 9.47 Å². The molecule has 0 saturated carbocycles. The van der Waals surface area contributed by atoms with Crippen LogP contribution >= 0.6 is 0 Å². The molecule has 1 aromatic carbocycles. The van der Waals surface area contributed by atoms with Gasteiger partial charge in [0.25, 0.3) is 0 Å². The second-order valence-corrected chi connectivity index (χ2v) is 6.40. The molecule has 5 nitrogen and oxygen atoms in total. The summed E-state index contributed by atoms with van der Waals surface area (Å²) >= 11 is 0. The predicted molar refractivity (Wildman–Crippen MR) is 93.9 cm³/mol. The Balaban J connectivity index is 1.57. The van der Waals surface area contributed by atoms with Gasteiger partial charge in [0.05, 0.1) is 7.11 Å². The Labute approximate surface area is 143 Å². The summed E-state index contributed by atoms with van der Waals surface area (Å²) < 4.78 is 10.6. The largest absolute Gasteiger partial charge is 0.497 e. The number of hydrogen-bond acceptors (Lipinski definition) is 5. The van der Waals surface area contributed by atoms with Gasteiger partial charge in [-0.15, -0.1) is 0 Å². The summed E-state index contributed by atoms with van der Waals surface area (Å²) in [5.41, 5.74) is 2.14. The van der Waals surface area contributed by atoms with Gasteiger partial charge < -0.3 is 14.4 Å². The highest BCUT2D eigenvalue weighted by molar-refractivity contribution is 5.55. The highest BCUT2D eigenvalue weighted by Gasteiger charge is 2.16. The smallest absolute Gasteiger partial charge is 0.159 e. The zero-order valence-corrected chi connectivity index (χ0v) is 14.4. The standard InChI is InChI=1S/C19H25N3O2/c1-22(13-15-7-9-24-10-8-15)14-16-11-20-19(21-12-16)17-3-5-18(23-2)6-4-17/h3-6,11-12,15H,7-10,13-14H2,1-2H3. The quantitative estimate of drug-likeness (QED) is 0.816. The fourth-order valence-corrected chi connectivity index (χ4v) is 3.07. The van der Waals surface area contributed by atoms with Crippen molar-refractivity contribution in [1.82, 2.24) is 14.9 Å². The first-order valence-electron chi connectivity index (χ1n) is 8.46. The van der Waals surface area contributed by atoms with E-state index in [1.807, 2.05) is 36.7 Å². The summed E-state index contributed by atoms with van der Waals surface area (Å²) in [6.07, 6.45) is 6.18. The first-order valence-corrected chi connectivity index (χ1v) is 8.46. The zero-order valence-electron chi connectivity index (χ0n) is 14.4. The van der Waals surface area contributed by atoms with E-state index in [1.165, 1.54) is 0 Å². The van der Waals surface area contributed by atoms with Crippen LogP contribution in [-0.4, -0.2) is 48.8 Å². The maximum atomic E-state index is 5.42. The summed E-state index contributed by atoms with van der Waals surface area (Å²) in [5.74, 6) is 2.32. The van der Waals surface area contributed by atoms with E-state index in [2.05, 4.69) is 21.9 Å². The number of nitrogens with zero attached hydrogens (tertiary/aromatic N) is 3. The van der Waals surface area contributed by atoms with Crippen molar-refractivity contribution in [3.8, 4) is 17.1 Å². The van der Waals surface area contributed by atoms with Crippen LogP contribution in [0.15, 0.2) is 36.7 Å². The lowest BCUT2D eigenvalue weighted by molar-refractivity contribution is 0.0549. The molecular formula is C19H25N3O2. The Morgan fingerprint density at radius 2 is 1.79 bits per heavy atom. The van der Waals surface area contributed by atoms with E-state index in [1.54, 1.807) is 7.11 Å². The molecule has 0 bridgehead atoms. The third-order valence-corrected chi connectivity index (χ3v) is 4.42. The fourth-order valence-electron chi connectivity index (χ4n) is 3.07. The Bertz CT molecular complexity index is 622. The van der Waals surface area contributed by atoms with Gasteiger partial charge in [-0.25, -0.2) is 9.97 Å². The maximum absolute atomic E-state index is 5.42. The van der Waals surface area contributed by atoms with E-state index in [0.717, 1.165) is 67.8 Å². The Morgan fingerprint density at radius 3 is 2.42 bits per heavy atom. The van der Waals surface area contributed by atoms with Crippen molar-refractivity contribution in [2.45, 2.75) is 19.4 Å². The second-order valence-electron chi connectivity index (χ2n) is 6.40. The topological polar surface area (TPSA) is 47.5 Å². The van der Waals surface area contributed by atoms with Crippen LogP contribution in [0.2, 0.25) is 0 Å². The van der Waals surface area contributed by atoms with E-state index in [-0.39, 0.29) is 0 Å². The molecule has 1 saturated heterocycles. The van der Waals surface area contributed by atoms with Gasteiger partial charge in [0.2, 0.25) is 0 Å². The molecule has 2 heterocycles. The first kappa shape index (κ1) is 16.9. The van der Waals surface area contributed by atoms with Crippen LogP contribution in [0.3, 0.4) is 0 Å². The third-order valence-electron chi connectivity index (χ3n) is 4.42. The van der Waals surface area contributed by atoms with Crippen LogP contribution in [-0.2, 0) is 11.3 Å². The summed E-state index contributed by atoms with van der Waals surface area (Å²) in [6, 6.07) is 7.80. The molecule has 2 aromatic rings. The van der Waals surface area contributed by atoms with E-state index in [4.69, 9.17) is 9.47 Å². The molecule has 1 aromatic heterocycles. The van der Waals surface area contributed by atoms with Crippen molar-refractivity contribution in [3.05, 3.63) is 42.2 Å². The average Bonchev–Trinajstić information content (AvgIpc) is 2.63. The Morgan fingerprint density at radius 1 is 1.12 bits per heavy atom. The van der Waals surface area contributed by atoms with Crippen LogP contribution in [0, 0.1) is 5.92 Å². The first-order chi connectivity index (χ1) is 11.7. The van der Waals surface area contributed by atoms with Crippen LogP contribution in [0.4, 0.5) is 0 Å². The lowest BCUT2D eigenvalue weighted by Crippen LogP contribution is -2.29. The fraction of sp³-hybridized carbons (Fsp3) is 0.474. The number of methoxy groups -OCH3 is 1. The zero-order chi connectivity index (χ0) is 16.8. The van der Waals surface area contributed by atoms with Crippen LogP contribution in [0.1, 0.15) is 18.4 Å². The number of hydrogen-bond donors (Lipinski definition) is 0. The molecule has 1 fully saturated rings. The molecule has 0 N–H and O–H groups in total. The SMILES string of the molecule is COc1ccc(-c2ncc(CN(C)CC3CCOCC3)cn2)cc1. The molecule has 24 heavy (non-hydrogen) atoms. The molecule has 128 valence electrons. The highest BCUT2D eigenvalue weighted by atomic mass is 16.5. The summed E-state index contributed by atoms with van der Waals surface area (Å²) in [4.78, 5) is 11.4. The molecule has 0 atom stereocenters. The van der Waals surface area contributed by atoms with E-state index >= 15 is 0 Å². The Kier molecular flexibility index (Phi) is 5.77. The number of rotatable bonds is 6. The second kappa shape index (κ2) is 8.22. The molecule has 5 heteroatoms. The molecule has 0 amide bonds. The minimum absolute atomic E-state index is 0.739. The minimum atomic E-state index is 0.739. The molecular weight excluding hydrogens is 302 g/mol. The third kappa shape index (κ3) is 4.52. The van der Waals surface area contributed by atoms with Crippen molar-refractivity contribution in [1.29, 1.82) is 0 Å². The van der Waals surface area contributed by atoms with E-state index in [9.17, 15) is 0 Å². The number of ether oxygens (including phenoxy) is 2. The van der Waals surface area contributed by atoms with Gasteiger partial charge >= 0.3 is 0 Å². The summed E-state index contributed by atoms with van der Waals surface area (Å²) in [7, 11) is 3.82. The van der Waals surface area contributed by atoms with Gasteiger partial charge in [0.15, 0.2) is 5.82 Å². The molecule has 3 rings (SSSR count).